The van der Waals surface area contributed by atoms with E-state index in [1.54, 1.807) is 31.3 Å². The van der Waals surface area contributed by atoms with Gasteiger partial charge in [0, 0.05) is 16.7 Å². The lowest BCUT2D eigenvalue weighted by molar-refractivity contribution is 0.630. The molecule has 1 aromatic heterocycles. The van der Waals surface area contributed by atoms with Crippen LogP contribution in [0.5, 0.6) is 0 Å². The summed E-state index contributed by atoms with van der Waals surface area (Å²) in [5.74, 6) is 0.214. The minimum Gasteiger partial charge on any atom is -0.339 e. The second kappa shape index (κ2) is 4.87. The Bertz CT molecular complexity index is 610. The molecule has 0 saturated heterocycles. The first-order valence-corrected chi connectivity index (χ1v) is 6.04. The van der Waals surface area contributed by atoms with Gasteiger partial charge in [-0.05, 0) is 46.9 Å². The highest BCUT2D eigenvalue weighted by Gasteiger charge is 2.05. The highest BCUT2D eigenvalue weighted by Crippen LogP contribution is 2.20. The van der Waals surface area contributed by atoms with E-state index in [1.165, 1.54) is 16.7 Å². The molecule has 1 N–H and O–H groups in total. The average molecular weight is 344 g/mol. The number of hydrogen-bond donors (Lipinski definition) is 1. The van der Waals surface area contributed by atoms with Gasteiger partial charge in [0.05, 0.1) is 5.69 Å². The summed E-state index contributed by atoms with van der Waals surface area (Å²) in [6.45, 7) is 0. The Morgan fingerprint density at radius 2 is 2.06 bits per heavy atom. The highest BCUT2D eigenvalue weighted by molar-refractivity contribution is 14.1. The number of hydrogen-bond acceptors (Lipinski definition) is 2. The van der Waals surface area contributed by atoms with Gasteiger partial charge >= 0.3 is 0 Å². The minimum absolute atomic E-state index is 0.138. The van der Waals surface area contributed by atoms with Crippen LogP contribution in [0.1, 0.15) is 0 Å². The normalized spacial score (nSPS) is 10.3. The Hall–Kier alpha value is -1.37. The van der Waals surface area contributed by atoms with E-state index in [-0.39, 0.29) is 11.4 Å². The Balaban J connectivity index is 2.38. The maximum absolute atomic E-state index is 13.6. The number of benzene rings is 1. The molecule has 17 heavy (non-hydrogen) atoms. The molecular weight excluding hydrogens is 334 g/mol. The van der Waals surface area contributed by atoms with E-state index in [1.807, 2.05) is 22.6 Å². The first kappa shape index (κ1) is 12.1. The van der Waals surface area contributed by atoms with Crippen molar-refractivity contribution in [3.63, 3.8) is 0 Å². The molecule has 1 aromatic carbocycles. The molecule has 0 aliphatic carbocycles. The number of rotatable bonds is 2. The molecule has 5 heteroatoms. The van der Waals surface area contributed by atoms with Crippen molar-refractivity contribution in [3.8, 4) is 0 Å². The minimum atomic E-state index is -0.340. The number of aromatic nitrogens is 1. The second-order valence-electron chi connectivity index (χ2n) is 3.56. The van der Waals surface area contributed by atoms with Gasteiger partial charge < -0.3 is 5.32 Å². The van der Waals surface area contributed by atoms with Gasteiger partial charge in [-0.15, -0.1) is 0 Å². The van der Waals surface area contributed by atoms with Gasteiger partial charge in [0.2, 0.25) is 0 Å². The Labute approximate surface area is 111 Å². The van der Waals surface area contributed by atoms with E-state index in [9.17, 15) is 9.18 Å². The molecule has 0 aliphatic heterocycles. The zero-order chi connectivity index (χ0) is 12.4. The lowest BCUT2D eigenvalue weighted by Gasteiger charge is -2.11. The molecule has 0 aliphatic rings. The summed E-state index contributed by atoms with van der Waals surface area (Å²) in [4.78, 5) is 11.4. The average Bonchev–Trinajstić information content (AvgIpc) is 2.28. The van der Waals surface area contributed by atoms with Crippen LogP contribution in [0, 0.1) is 9.39 Å². The third-order valence-corrected chi connectivity index (χ3v) is 3.05. The predicted octanol–water partition coefficient (Wildman–Crippen LogP) is 2.87. The van der Waals surface area contributed by atoms with E-state index in [2.05, 4.69) is 5.32 Å². The summed E-state index contributed by atoms with van der Waals surface area (Å²) in [6, 6.07) is 9.69. The van der Waals surface area contributed by atoms with Gasteiger partial charge in [0.25, 0.3) is 5.56 Å². The van der Waals surface area contributed by atoms with E-state index in [0.717, 1.165) is 3.57 Å². The summed E-state index contributed by atoms with van der Waals surface area (Å²) in [5.41, 5.74) is 0.215. The van der Waals surface area contributed by atoms with Gasteiger partial charge in [-0.2, -0.15) is 0 Å². The predicted molar refractivity (Wildman–Crippen MR) is 74.1 cm³/mol. The molecule has 0 atom stereocenters. The quantitative estimate of drug-likeness (QED) is 0.851. The van der Waals surface area contributed by atoms with Crippen LogP contribution in [-0.2, 0) is 7.05 Å². The number of nitrogens with one attached hydrogen (secondary N) is 1. The van der Waals surface area contributed by atoms with E-state index in [4.69, 9.17) is 0 Å². The first-order valence-electron chi connectivity index (χ1n) is 4.96. The molecule has 2 aromatic rings. The molecule has 0 spiro atoms. The fourth-order valence-corrected chi connectivity index (χ4v) is 1.87. The van der Waals surface area contributed by atoms with Crippen LogP contribution in [0.25, 0.3) is 0 Å². The van der Waals surface area contributed by atoms with Gasteiger partial charge in [-0.25, -0.2) is 4.39 Å². The van der Waals surface area contributed by atoms with Gasteiger partial charge in [-0.1, -0.05) is 6.07 Å². The topological polar surface area (TPSA) is 34.0 Å². The van der Waals surface area contributed by atoms with Crippen LogP contribution in [-0.4, -0.2) is 4.57 Å². The maximum atomic E-state index is 13.6. The SMILES string of the molecule is Cn1c(Nc2ccc(I)cc2F)cccc1=O. The summed E-state index contributed by atoms with van der Waals surface area (Å²) in [7, 11) is 1.63. The molecule has 0 saturated carbocycles. The first-order chi connectivity index (χ1) is 8.08. The number of pyridine rings is 1. The molecule has 0 fully saturated rings. The molecule has 88 valence electrons. The summed E-state index contributed by atoms with van der Waals surface area (Å²) >= 11 is 2.04. The molecule has 0 amide bonds. The van der Waals surface area contributed by atoms with Crippen molar-refractivity contribution in [1.29, 1.82) is 0 Å². The molecule has 0 bridgehead atoms. The van der Waals surface area contributed by atoms with Gasteiger partial charge in [0.15, 0.2) is 0 Å². The van der Waals surface area contributed by atoms with Crippen LogP contribution < -0.4 is 10.9 Å². The summed E-state index contributed by atoms with van der Waals surface area (Å²) < 4.78 is 15.9. The van der Waals surface area contributed by atoms with Crippen molar-refractivity contribution in [1.82, 2.24) is 4.57 Å². The van der Waals surface area contributed by atoms with Crippen molar-refractivity contribution >= 4 is 34.1 Å². The highest BCUT2D eigenvalue weighted by atomic mass is 127. The zero-order valence-corrected chi connectivity index (χ0v) is 11.2. The largest absolute Gasteiger partial charge is 0.339 e. The van der Waals surface area contributed by atoms with Crippen LogP contribution in [0.4, 0.5) is 15.9 Å². The fraction of sp³-hybridized carbons (Fsp3) is 0.0833. The van der Waals surface area contributed by atoms with E-state index >= 15 is 0 Å². The monoisotopic (exact) mass is 344 g/mol. The molecule has 3 nitrogen and oxygen atoms in total. The number of halogens is 2. The van der Waals surface area contributed by atoms with Crippen LogP contribution in [0.15, 0.2) is 41.2 Å². The van der Waals surface area contributed by atoms with Gasteiger partial charge in [-0.3, -0.25) is 9.36 Å². The van der Waals surface area contributed by atoms with Gasteiger partial charge in [0.1, 0.15) is 11.6 Å². The Morgan fingerprint density at radius 3 is 2.76 bits per heavy atom. The van der Waals surface area contributed by atoms with Crippen molar-refractivity contribution in [2.24, 2.45) is 7.05 Å². The molecule has 2 rings (SSSR count). The smallest absolute Gasteiger partial charge is 0.251 e. The summed E-state index contributed by atoms with van der Waals surface area (Å²) in [5, 5.41) is 2.89. The number of nitrogens with zero attached hydrogens (tertiary/aromatic N) is 1. The van der Waals surface area contributed by atoms with Crippen molar-refractivity contribution in [2.75, 3.05) is 5.32 Å². The lowest BCUT2D eigenvalue weighted by atomic mass is 10.3. The Morgan fingerprint density at radius 1 is 1.29 bits per heavy atom. The Kier molecular flexibility index (Phi) is 3.46. The standard InChI is InChI=1S/C12H10FIN2O/c1-16-11(3-2-4-12(16)17)15-10-6-5-8(14)7-9(10)13/h2-7,15H,1H3. The second-order valence-corrected chi connectivity index (χ2v) is 4.80. The number of anilines is 2. The zero-order valence-electron chi connectivity index (χ0n) is 9.08. The lowest BCUT2D eigenvalue weighted by Crippen LogP contribution is -2.17. The van der Waals surface area contributed by atoms with E-state index < -0.39 is 0 Å². The van der Waals surface area contributed by atoms with E-state index in [0.29, 0.717) is 11.5 Å². The third-order valence-electron chi connectivity index (χ3n) is 2.38. The summed E-state index contributed by atoms with van der Waals surface area (Å²) in [6.07, 6.45) is 0. The van der Waals surface area contributed by atoms with Crippen LogP contribution in [0.2, 0.25) is 0 Å². The van der Waals surface area contributed by atoms with Crippen molar-refractivity contribution in [2.45, 2.75) is 0 Å². The van der Waals surface area contributed by atoms with Crippen LogP contribution in [0.3, 0.4) is 0 Å². The van der Waals surface area contributed by atoms with Crippen LogP contribution >= 0.6 is 22.6 Å². The van der Waals surface area contributed by atoms with Crippen molar-refractivity contribution in [3.05, 3.63) is 56.1 Å². The molecule has 0 radical (unpaired) electrons. The van der Waals surface area contributed by atoms with Crippen molar-refractivity contribution < 1.29 is 4.39 Å². The molecular formula is C12H10FIN2O. The molecule has 0 unspecified atom stereocenters. The fourth-order valence-electron chi connectivity index (χ4n) is 1.42. The third kappa shape index (κ3) is 2.66. The molecule has 1 heterocycles. The maximum Gasteiger partial charge on any atom is 0.251 e.